The third kappa shape index (κ3) is 2.50. The van der Waals surface area contributed by atoms with Crippen LogP contribution >= 0.6 is 0 Å². The van der Waals surface area contributed by atoms with E-state index in [1.807, 2.05) is 13.0 Å². The number of rotatable bonds is 3. The highest BCUT2D eigenvalue weighted by Gasteiger charge is 2.26. The molecule has 0 spiro atoms. The smallest absolute Gasteiger partial charge is 0.206 e. The van der Waals surface area contributed by atoms with Gasteiger partial charge in [-0.2, -0.15) is 9.49 Å². The van der Waals surface area contributed by atoms with Gasteiger partial charge < -0.3 is 0 Å². The molecule has 2 aromatic carbocycles. The second-order valence-electron chi connectivity index (χ2n) is 4.97. The number of para-hydroxylation sites is 1. The third-order valence-electron chi connectivity index (χ3n) is 3.37. The zero-order valence-electron chi connectivity index (χ0n) is 11.8. The van der Waals surface area contributed by atoms with Crippen molar-refractivity contribution in [3.8, 4) is 16.8 Å². The summed E-state index contributed by atoms with van der Waals surface area (Å²) in [5.74, 6) is -0.785. The van der Waals surface area contributed by atoms with Crippen LogP contribution in [-0.4, -0.2) is 9.78 Å². The van der Waals surface area contributed by atoms with Crippen LogP contribution in [0.5, 0.6) is 0 Å². The van der Waals surface area contributed by atoms with Crippen molar-refractivity contribution in [1.82, 2.24) is 9.78 Å². The van der Waals surface area contributed by atoms with Crippen molar-refractivity contribution in [3.05, 3.63) is 71.8 Å². The fraction of sp³-hybridized carbons (Fsp3) is 0.118. The molecule has 0 aliphatic heterocycles. The number of alkyl halides is 2. The van der Waals surface area contributed by atoms with Gasteiger partial charge in [0.15, 0.2) is 0 Å². The van der Waals surface area contributed by atoms with Crippen molar-refractivity contribution in [2.24, 2.45) is 0 Å². The first-order valence-electron chi connectivity index (χ1n) is 6.77. The molecule has 5 heteroatoms. The van der Waals surface area contributed by atoms with E-state index in [4.69, 9.17) is 0 Å². The van der Waals surface area contributed by atoms with E-state index in [2.05, 4.69) is 5.10 Å². The minimum absolute atomic E-state index is 0.150. The van der Waals surface area contributed by atoms with E-state index in [1.54, 1.807) is 48.5 Å². The minimum atomic E-state index is -2.85. The van der Waals surface area contributed by atoms with E-state index in [9.17, 15) is 13.2 Å². The van der Waals surface area contributed by atoms with Crippen molar-refractivity contribution in [2.75, 3.05) is 0 Å². The first kappa shape index (κ1) is 14.4. The van der Waals surface area contributed by atoms with Crippen molar-refractivity contribution >= 4 is 0 Å². The number of aromatic nitrogens is 2. The van der Waals surface area contributed by atoms with Crippen molar-refractivity contribution in [1.29, 1.82) is 0 Å². The standard InChI is InChI=1S/C17H13F3N2/c1-11-6-5-7-12(10-11)14-15(16(18)19)21-22(17(14)20)13-8-3-2-4-9-13/h2-10,16H,1H3. The summed E-state index contributed by atoms with van der Waals surface area (Å²) in [5.41, 5.74) is 0.967. The van der Waals surface area contributed by atoms with E-state index in [1.165, 1.54) is 0 Å². The van der Waals surface area contributed by atoms with Crippen LogP contribution in [0.25, 0.3) is 16.8 Å². The maximum atomic E-state index is 14.7. The Morgan fingerprint density at radius 2 is 1.73 bits per heavy atom. The molecule has 0 aliphatic rings. The van der Waals surface area contributed by atoms with Crippen molar-refractivity contribution < 1.29 is 13.2 Å². The maximum absolute atomic E-state index is 14.7. The number of hydrogen-bond acceptors (Lipinski definition) is 1. The molecule has 2 nitrogen and oxygen atoms in total. The first-order chi connectivity index (χ1) is 10.6. The fourth-order valence-corrected chi connectivity index (χ4v) is 2.37. The van der Waals surface area contributed by atoms with Gasteiger partial charge in [0.05, 0.1) is 11.3 Å². The summed E-state index contributed by atoms with van der Waals surface area (Å²) in [5, 5.41) is 3.78. The lowest BCUT2D eigenvalue weighted by atomic mass is 10.0. The summed E-state index contributed by atoms with van der Waals surface area (Å²) in [6, 6.07) is 15.2. The largest absolute Gasteiger partial charge is 0.282 e. The van der Waals surface area contributed by atoms with E-state index >= 15 is 0 Å². The Morgan fingerprint density at radius 3 is 2.36 bits per heavy atom. The zero-order valence-corrected chi connectivity index (χ0v) is 11.8. The minimum Gasteiger partial charge on any atom is -0.206 e. The summed E-state index contributed by atoms with van der Waals surface area (Å²) in [7, 11) is 0. The average Bonchev–Trinajstić information content (AvgIpc) is 2.86. The number of halogens is 3. The van der Waals surface area contributed by atoms with Crippen LogP contribution in [-0.2, 0) is 0 Å². The molecule has 3 rings (SSSR count). The van der Waals surface area contributed by atoms with Crippen molar-refractivity contribution in [3.63, 3.8) is 0 Å². The summed E-state index contributed by atoms with van der Waals surface area (Å²) in [6.07, 6.45) is -2.85. The van der Waals surface area contributed by atoms with Crippen molar-refractivity contribution in [2.45, 2.75) is 13.3 Å². The summed E-state index contributed by atoms with van der Waals surface area (Å²) in [6.45, 7) is 1.82. The number of aryl methyl sites for hydroxylation is 1. The maximum Gasteiger partial charge on any atom is 0.282 e. The molecule has 0 saturated carbocycles. The summed E-state index contributed by atoms with van der Waals surface area (Å²) < 4.78 is 42.2. The number of benzene rings is 2. The molecular formula is C17H13F3N2. The van der Waals surface area contributed by atoms with Gasteiger partial charge in [-0.05, 0) is 24.6 Å². The van der Waals surface area contributed by atoms with Gasteiger partial charge in [-0.15, -0.1) is 0 Å². The molecule has 0 N–H and O–H groups in total. The third-order valence-corrected chi connectivity index (χ3v) is 3.37. The van der Waals surface area contributed by atoms with Crippen LogP contribution in [0.15, 0.2) is 54.6 Å². The molecule has 0 amide bonds. The summed E-state index contributed by atoms with van der Waals surface area (Å²) in [4.78, 5) is 0. The molecule has 0 atom stereocenters. The second kappa shape index (κ2) is 5.67. The van der Waals surface area contributed by atoms with Crippen LogP contribution in [0.2, 0.25) is 0 Å². The Bertz CT molecular complexity index is 795. The van der Waals surface area contributed by atoms with Gasteiger partial charge in [0, 0.05) is 0 Å². The van der Waals surface area contributed by atoms with Crippen LogP contribution in [0, 0.1) is 12.9 Å². The second-order valence-corrected chi connectivity index (χ2v) is 4.97. The Labute approximate surface area is 125 Å². The monoisotopic (exact) mass is 302 g/mol. The number of nitrogens with zero attached hydrogens (tertiary/aromatic N) is 2. The highest BCUT2D eigenvalue weighted by molar-refractivity contribution is 5.67. The summed E-state index contributed by atoms with van der Waals surface area (Å²) >= 11 is 0. The van der Waals surface area contributed by atoms with Gasteiger partial charge in [0.25, 0.3) is 6.43 Å². The van der Waals surface area contributed by atoms with Gasteiger partial charge in [0.2, 0.25) is 5.95 Å². The molecule has 0 radical (unpaired) electrons. The first-order valence-corrected chi connectivity index (χ1v) is 6.77. The molecule has 1 heterocycles. The molecule has 0 aliphatic carbocycles. The lowest BCUT2D eigenvalue weighted by Crippen LogP contribution is -1.99. The zero-order chi connectivity index (χ0) is 15.7. The molecule has 0 unspecified atom stereocenters. The highest BCUT2D eigenvalue weighted by atomic mass is 19.3. The molecule has 1 aromatic heterocycles. The fourth-order valence-electron chi connectivity index (χ4n) is 2.37. The van der Waals surface area contributed by atoms with Crippen LogP contribution in [0.1, 0.15) is 17.7 Å². The Morgan fingerprint density at radius 1 is 1.00 bits per heavy atom. The highest BCUT2D eigenvalue weighted by Crippen LogP contribution is 2.34. The van der Waals surface area contributed by atoms with Gasteiger partial charge >= 0.3 is 0 Å². The predicted octanol–water partition coefficient (Wildman–Crippen LogP) is 4.92. The quantitative estimate of drug-likeness (QED) is 0.671. The van der Waals surface area contributed by atoms with E-state index < -0.39 is 18.1 Å². The van der Waals surface area contributed by atoms with Gasteiger partial charge in [-0.3, -0.25) is 0 Å². The molecule has 0 fully saturated rings. The van der Waals surface area contributed by atoms with Gasteiger partial charge in [-0.25, -0.2) is 13.5 Å². The van der Waals surface area contributed by atoms with Crippen LogP contribution in [0.4, 0.5) is 13.2 Å². The molecule has 0 saturated heterocycles. The molecule has 112 valence electrons. The molecule has 22 heavy (non-hydrogen) atoms. The molecular weight excluding hydrogens is 289 g/mol. The SMILES string of the molecule is Cc1cccc(-c2c(C(F)F)nn(-c3ccccc3)c2F)c1. The Balaban J connectivity index is 2.23. The van der Waals surface area contributed by atoms with Crippen LogP contribution in [0.3, 0.4) is 0 Å². The topological polar surface area (TPSA) is 17.8 Å². The van der Waals surface area contributed by atoms with E-state index in [0.29, 0.717) is 11.3 Å². The van der Waals surface area contributed by atoms with E-state index in [-0.39, 0.29) is 5.56 Å². The predicted molar refractivity (Wildman–Crippen MR) is 78.7 cm³/mol. The van der Waals surface area contributed by atoms with Gasteiger partial charge in [-0.1, -0.05) is 48.0 Å². The average molecular weight is 302 g/mol. The Kier molecular flexibility index (Phi) is 3.71. The van der Waals surface area contributed by atoms with Gasteiger partial charge in [0.1, 0.15) is 5.69 Å². The molecule has 0 bridgehead atoms. The molecule has 3 aromatic rings. The van der Waals surface area contributed by atoms with Crippen LogP contribution < -0.4 is 0 Å². The Hall–Kier alpha value is -2.56. The lowest BCUT2D eigenvalue weighted by Gasteiger charge is -2.04. The van der Waals surface area contributed by atoms with E-state index in [0.717, 1.165) is 10.2 Å². The normalized spacial score (nSPS) is 11.1. The number of hydrogen-bond donors (Lipinski definition) is 0. The lowest BCUT2D eigenvalue weighted by molar-refractivity contribution is 0.146.